The van der Waals surface area contributed by atoms with Crippen LogP contribution in [0.4, 0.5) is 0 Å². The van der Waals surface area contributed by atoms with Crippen LogP contribution in [0.5, 0.6) is 0 Å². The quantitative estimate of drug-likeness (QED) is 0.631. The van der Waals surface area contributed by atoms with E-state index in [-0.39, 0.29) is 5.79 Å². The summed E-state index contributed by atoms with van der Waals surface area (Å²) in [6.07, 6.45) is 6.44. The minimum Gasteiger partial charge on any atom is -0.348 e. The van der Waals surface area contributed by atoms with E-state index in [1.54, 1.807) is 0 Å². The summed E-state index contributed by atoms with van der Waals surface area (Å²) in [5, 5.41) is 0. The van der Waals surface area contributed by atoms with Crippen molar-refractivity contribution in [3.8, 4) is 0 Å². The number of hydrogen-bond donors (Lipinski definition) is 0. The number of rotatable bonds is 5. The molecule has 0 aromatic carbocycles. The summed E-state index contributed by atoms with van der Waals surface area (Å²) < 4.78 is 11.4. The van der Waals surface area contributed by atoms with Crippen molar-refractivity contribution in [2.75, 3.05) is 13.2 Å². The van der Waals surface area contributed by atoms with Crippen LogP contribution in [0.1, 0.15) is 46.5 Å². The Morgan fingerprint density at radius 2 is 1.86 bits per heavy atom. The molecule has 1 fully saturated rings. The lowest BCUT2D eigenvalue weighted by Gasteiger charge is -2.26. The van der Waals surface area contributed by atoms with Gasteiger partial charge in [-0.3, -0.25) is 0 Å². The van der Waals surface area contributed by atoms with Gasteiger partial charge in [0.25, 0.3) is 0 Å². The van der Waals surface area contributed by atoms with E-state index in [1.165, 1.54) is 5.57 Å². The minimum atomic E-state index is -0.263. The van der Waals surface area contributed by atoms with Gasteiger partial charge in [-0.15, -0.1) is 0 Å². The molecule has 0 bridgehead atoms. The lowest BCUT2D eigenvalue weighted by Crippen LogP contribution is -2.29. The lowest BCUT2D eigenvalue weighted by atomic mass is 10.0. The van der Waals surface area contributed by atoms with Gasteiger partial charge in [0.05, 0.1) is 13.2 Å². The Balaban J connectivity index is 2.39. The summed E-state index contributed by atoms with van der Waals surface area (Å²) in [7, 11) is 0. The van der Waals surface area contributed by atoms with Crippen molar-refractivity contribution in [1.29, 1.82) is 0 Å². The molecule has 0 radical (unpaired) electrons. The largest absolute Gasteiger partial charge is 0.348 e. The number of hydrogen-bond acceptors (Lipinski definition) is 2. The maximum absolute atomic E-state index is 5.71. The third-order valence-corrected chi connectivity index (χ3v) is 2.52. The average molecular weight is 198 g/mol. The van der Waals surface area contributed by atoms with Gasteiger partial charge in [0, 0.05) is 12.8 Å². The van der Waals surface area contributed by atoms with Crippen molar-refractivity contribution in [3.63, 3.8) is 0 Å². The second-order valence-electron chi connectivity index (χ2n) is 4.18. The fraction of sp³-hybridized carbons (Fsp3) is 0.833. The van der Waals surface area contributed by atoms with Crippen LogP contribution in [0.2, 0.25) is 0 Å². The Labute approximate surface area is 87.3 Å². The summed E-state index contributed by atoms with van der Waals surface area (Å²) >= 11 is 0. The second kappa shape index (κ2) is 5.52. The minimum absolute atomic E-state index is 0.263. The van der Waals surface area contributed by atoms with E-state index in [1.807, 2.05) is 0 Å². The molecule has 0 spiro atoms. The van der Waals surface area contributed by atoms with Crippen LogP contribution >= 0.6 is 0 Å². The predicted molar refractivity (Wildman–Crippen MR) is 58.2 cm³/mol. The van der Waals surface area contributed by atoms with Gasteiger partial charge in [-0.05, 0) is 20.3 Å². The van der Waals surface area contributed by atoms with Crippen LogP contribution < -0.4 is 0 Å². The summed E-state index contributed by atoms with van der Waals surface area (Å²) in [6.45, 7) is 7.95. The van der Waals surface area contributed by atoms with Gasteiger partial charge in [0.15, 0.2) is 5.79 Å². The Morgan fingerprint density at radius 3 is 2.36 bits per heavy atom. The van der Waals surface area contributed by atoms with Crippen LogP contribution in [0.25, 0.3) is 0 Å². The molecule has 0 aromatic heterocycles. The molecule has 1 rings (SSSR count). The molecule has 0 aliphatic carbocycles. The molecule has 2 heteroatoms. The predicted octanol–water partition coefficient (Wildman–Crippen LogP) is 3.28. The summed E-state index contributed by atoms with van der Waals surface area (Å²) in [4.78, 5) is 0. The molecular formula is C12H22O2. The summed E-state index contributed by atoms with van der Waals surface area (Å²) in [5.74, 6) is -0.263. The molecular weight excluding hydrogens is 176 g/mol. The van der Waals surface area contributed by atoms with Gasteiger partial charge in [0.1, 0.15) is 0 Å². The first kappa shape index (κ1) is 11.7. The third-order valence-electron chi connectivity index (χ3n) is 2.52. The maximum atomic E-state index is 5.71. The fourth-order valence-corrected chi connectivity index (χ4v) is 1.87. The topological polar surface area (TPSA) is 18.5 Å². The Hall–Kier alpha value is -0.340. The number of ether oxygens (including phenoxy) is 2. The molecule has 0 atom stereocenters. The lowest BCUT2D eigenvalue weighted by molar-refractivity contribution is -0.166. The van der Waals surface area contributed by atoms with E-state index in [0.717, 1.165) is 38.9 Å². The van der Waals surface area contributed by atoms with E-state index in [0.29, 0.717) is 0 Å². The van der Waals surface area contributed by atoms with Crippen molar-refractivity contribution in [1.82, 2.24) is 0 Å². The zero-order chi connectivity index (χ0) is 10.4. The Bertz CT molecular complexity index is 186. The molecule has 1 aliphatic heterocycles. The van der Waals surface area contributed by atoms with Gasteiger partial charge in [-0.25, -0.2) is 0 Å². The SMILES string of the molecule is CCCC1(CCC=C(C)C)OCCO1. The maximum Gasteiger partial charge on any atom is 0.168 e. The van der Waals surface area contributed by atoms with Gasteiger partial charge in [-0.2, -0.15) is 0 Å². The molecule has 82 valence electrons. The van der Waals surface area contributed by atoms with Crippen molar-refractivity contribution < 1.29 is 9.47 Å². The normalized spacial score (nSPS) is 19.6. The van der Waals surface area contributed by atoms with Crippen molar-refractivity contribution in [2.45, 2.75) is 52.2 Å². The zero-order valence-corrected chi connectivity index (χ0v) is 9.64. The van der Waals surface area contributed by atoms with Gasteiger partial charge in [0.2, 0.25) is 0 Å². The number of allylic oxidation sites excluding steroid dienone is 2. The monoisotopic (exact) mass is 198 g/mol. The molecule has 0 unspecified atom stereocenters. The van der Waals surface area contributed by atoms with Crippen LogP contribution in [0.15, 0.2) is 11.6 Å². The molecule has 1 heterocycles. The first-order valence-electron chi connectivity index (χ1n) is 5.60. The van der Waals surface area contributed by atoms with E-state index < -0.39 is 0 Å². The zero-order valence-electron chi connectivity index (χ0n) is 9.64. The van der Waals surface area contributed by atoms with Crippen molar-refractivity contribution in [3.05, 3.63) is 11.6 Å². The van der Waals surface area contributed by atoms with Crippen molar-refractivity contribution in [2.24, 2.45) is 0 Å². The molecule has 1 saturated heterocycles. The van der Waals surface area contributed by atoms with E-state index in [2.05, 4.69) is 26.8 Å². The van der Waals surface area contributed by atoms with Gasteiger partial charge < -0.3 is 9.47 Å². The second-order valence-corrected chi connectivity index (χ2v) is 4.18. The Kier molecular flexibility index (Phi) is 4.63. The average Bonchev–Trinajstić information content (AvgIpc) is 2.53. The summed E-state index contributed by atoms with van der Waals surface area (Å²) in [5.41, 5.74) is 1.37. The molecule has 0 saturated carbocycles. The standard InChI is InChI=1S/C12H22O2/c1-4-7-12(13-9-10-14-12)8-5-6-11(2)3/h6H,4-5,7-10H2,1-3H3. The highest BCUT2D eigenvalue weighted by atomic mass is 16.7. The molecule has 0 N–H and O–H groups in total. The highest BCUT2D eigenvalue weighted by Gasteiger charge is 2.34. The Morgan fingerprint density at radius 1 is 1.21 bits per heavy atom. The first-order chi connectivity index (χ1) is 6.68. The molecule has 14 heavy (non-hydrogen) atoms. The third kappa shape index (κ3) is 3.43. The van der Waals surface area contributed by atoms with E-state index >= 15 is 0 Å². The van der Waals surface area contributed by atoms with Gasteiger partial charge >= 0.3 is 0 Å². The van der Waals surface area contributed by atoms with E-state index in [9.17, 15) is 0 Å². The van der Waals surface area contributed by atoms with Crippen LogP contribution in [0, 0.1) is 0 Å². The highest BCUT2D eigenvalue weighted by Crippen LogP contribution is 2.30. The van der Waals surface area contributed by atoms with Crippen LogP contribution in [-0.4, -0.2) is 19.0 Å². The fourth-order valence-electron chi connectivity index (χ4n) is 1.87. The van der Waals surface area contributed by atoms with E-state index in [4.69, 9.17) is 9.47 Å². The molecule has 0 aromatic rings. The highest BCUT2D eigenvalue weighted by molar-refractivity contribution is 4.94. The van der Waals surface area contributed by atoms with Crippen LogP contribution in [0.3, 0.4) is 0 Å². The molecule has 2 nitrogen and oxygen atoms in total. The van der Waals surface area contributed by atoms with Crippen LogP contribution in [-0.2, 0) is 9.47 Å². The van der Waals surface area contributed by atoms with Crippen molar-refractivity contribution >= 4 is 0 Å². The van der Waals surface area contributed by atoms with Gasteiger partial charge in [-0.1, -0.05) is 25.0 Å². The molecule has 0 amide bonds. The first-order valence-corrected chi connectivity index (χ1v) is 5.60. The molecule has 1 aliphatic rings. The summed E-state index contributed by atoms with van der Waals surface area (Å²) in [6, 6.07) is 0. The smallest absolute Gasteiger partial charge is 0.168 e.